The Hall–Kier alpha value is -3.32. The van der Waals surface area contributed by atoms with Gasteiger partial charge in [-0.15, -0.1) is 0 Å². The number of rotatable bonds is 10. The highest BCUT2D eigenvalue weighted by Gasteiger charge is 2.17. The Morgan fingerprint density at radius 3 is 2.29 bits per heavy atom. The molecule has 0 saturated carbocycles. The number of ether oxygens (including phenoxy) is 3. The van der Waals surface area contributed by atoms with Gasteiger partial charge < -0.3 is 19.1 Å². The number of esters is 1. The molecule has 0 aliphatic heterocycles. The topological polar surface area (TPSA) is 65.1 Å². The van der Waals surface area contributed by atoms with Crippen molar-refractivity contribution in [1.82, 2.24) is 4.90 Å². The highest BCUT2D eigenvalue weighted by atomic mass is 79.9. The van der Waals surface area contributed by atoms with E-state index >= 15 is 0 Å². The quantitative estimate of drug-likeness (QED) is 0.308. The molecule has 7 heteroatoms. The molecule has 0 saturated heterocycles. The monoisotopic (exact) mass is 525 g/mol. The third kappa shape index (κ3) is 7.09. The zero-order valence-electron chi connectivity index (χ0n) is 19.5. The molecule has 0 N–H and O–H groups in total. The fourth-order valence-electron chi connectivity index (χ4n) is 3.47. The minimum Gasteiger partial charge on any atom is -0.493 e. The molecule has 0 spiro atoms. The van der Waals surface area contributed by atoms with E-state index in [9.17, 15) is 9.59 Å². The van der Waals surface area contributed by atoms with Crippen molar-refractivity contribution in [2.75, 3.05) is 13.7 Å². The maximum atomic E-state index is 12.4. The van der Waals surface area contributed by atoms with E-state index in [1.165, 1.54) is 0 Å². The highest BCUT2D eigenvalue weighted by molar-refractivity contribution is 9.10. The van der Waals surface area contributed by atoms with Crippen molar-refractivity contribution in [3.05, 3.63) is 87.9 Å². The standard InChI is InChI=1S/C27H28BrNO5/c1-4-33-27(31)15-21-10-12-25(32-3)26(14-21)34-24-13-11-23(28)16-22(24)18-29(19(2)30)17-20-8-6-5-7-9-20/h5-14,16H,4,15,17-18H2,1-3H3. The van der Waals surface area contributed by atoms with Crippen molar-refractivity contribution in [1.29, 1.82) is 0 Å². The second-order valence-electron chi connectivity index (χ2n) is 7.68. The Kier molecular flexibility index (Phi) is 9.10. The zero-order valence-corrected chi connectivity index (χ0v) is 21.1. The van der Waals surface area contributed by atoms with Crippen molar-refractivity contribution in [3.8, 4) is 17.2 Å². The second-order valence-corrected chi connectivity index (χ2v) is 8.60. The molecule has 0 unspecified atom stereocenters. The average Bonchev–Trinajstić information content (AvgIpc) is 2.81. The van der Waals surface area contributed by atoms with Gasteiger partial charge in [-0.3, -0.25) is 9.59 Å². The molecular weight excluding hydrogens is 498 g/mol. The van der Waals surface area contributed by atoms with Crippen LogP contribution in [0.15, 0.2) is 71.2 Å². The molecule has 3 aromatic carbocycles. The van der Waals surface area contributed by atoms with E-state index in [1.54, 1.807) is 38.0 Å². The molecule has 3 aromatic rings. The molecule has 3 rings (SSSR count). The van der Waals surface area contributed by atoms with E-state index in [0.29, 0.717) is 36.9 Å². The molecule has 0 fully saturated rings. The van der Waals surface area contributed by atoms with Gasteiger partial charge in [0.05, 0.1) is 20.1 Å². The summed E-state index contributed by atoms with van der Waals surface area (Å²) in [5, 5.41) is 0. The van der Waals surface area contributed by atoms with Gasteiger partial charge in [0.1, 0.15) is 5.75 Å². The third-order valence-electron chi connectivity index (χ3n) is 5.15. The molecule has 34 heavy (non-hydrogen) atoms. The third-order valence-corrected chi connectivity index (χ3v) is 5.64. The number of benzene rings is 3. The van der Waals surface area contributed by atoms with Crippen LogP contribution in [0.4, 0.5) is 0 Å². The number of amides is 1. The molecule has 0 atom stereocenters. The lowest BCUT2D eigenvalue weighted by Crippen LogP contribution is -2.27. The van der Waals surface area contributed by atoms with E-state index in [0.717, 1.165) is 21.2 Å². The molecule has 1 amide bonds. The van der Waals surface area contributed by atoms with E-state index < -0.39 is 0 Å². The second kappa shape index (κ2) is 12.2. The first-order valence-corrected chi connectivity index (χ1v) is 11.8. The van der Waals surface area contributed by atoms with Gasteiger partial charge in [-0.2, -0.15) is 0 Å². The highest BCUT2D eigenvalue weighted by Crippen LogP contribution is 2.35. The summed E-state index contributed by atoms with van der Waals surface area (Å²) in [5.74, 6) is 1.26. The lowest BCUT2D eigenvalue weighted by molar-refractivity contribution is -0.142. The van der Waals surface area contributed by atoms with Crippen LogP contribution in [0.1, 0.15) is 30.5 Å². The van der Waals surface area contributed by atoms with Crippen molar-refractivity contribution in [2.45, 2.75) is 33.4 Å². The van der Waals surface area contributed by atoms with Gasteiger partial charge in [-0.25, -0.2) is 0 Å². The maximum absolute atomic E-state index is 12.4. The summed E-state index contributed by atoms with van der Waals surface area (Å²) in [6, 6.07) is 20.9. The molecule has 0 aliphatic rings. The number of hydrogen-bond acceptors (Lipinski definition) is 5. The number of nitrogens with zero attached hydrogens (tertiary/aromatic N) is 1. The average molecular weight is 526 g/mol. The Morgan fingerprint density at radius 1 is 0.882 bits per heavy atom. The predicted octanol–water partition coefficient (Wildman–Crippen LogP) is 5.90. The van der Waals surface area contributed by atoms with Crippen LogP contribution < -0.4 is 9.47 Å². The summed E-state index contributed by atoms with van der Waals surface area (Å²) in [6.07, 6.45) is 0.135. The van der Waals surface area contributed by atoms with Crippen LogP contribution >= 0.6 is 15.9 Å². The van der Waals surface area contributed by atoms with Gasteiger partial charge in [0.25, 0.3) is 0 Å². The van der Waals surface area contributed by atoms with Crippen molar-refractivity contribution < 1.29 is 23.8 Å². The summed E-state index contributed by atoms with van der Waals surface area (Å²) < 4.78 is 17.7. The van der Waals surface area contributed by atoms with E-state index in [1.807, 2.05) is 54.6 Å². The molecule has 0 radical (unpaired) electrons. The van der Waals surface area contributed by atoms with Crippen LogP contribution in [0.5, 0.6) is 17.2 Å². The Morgan fingerprint density at radius 2 is 1.62 bits per heavy atom. The van der Waals surface area contributed by atoms with Gasteiger partial charge in [-0.1, -0.05) is 52.3 Å². The zero-order chi connectivity index (χ0) is 24.5. The first kappa shape index (κ1) is 25.3. The smallest absolute Gasteiger partial charge is 0.310 e. The lowest BCUT2D eigenvalue weighted by Gasteiger charge is -2.23. The molecule has 0 heterocycles. The summed E-state index contributed by atoms with van der Waals surface area (Å²) in [7, 11) is 1.56. The molecule has 0 bridgehead atoms. The minimum absolute atomic E-state index is 0.0382. The van der Waals surface area contributed by atoms with Crippen LogP contribution in [0.3, 0.4) is 0 Å². The maximum Gasteiger partial charge on any atom is 0.310 e. The first-order chi connectivity index (χ1) is 16.4. The van der Waals surface area contributed by atoms with Crippen LogP contribution in [0.2, 0.25) is 0 Å². The number of hydrogen-bond donors (Lipinski definition) is 0. The van der Waals surface area contributed by atoms with Crippen LogP contribution in [0.25, 0.3) is 0 Å². The number of carbonyl (C=O) groups excluding carboxylic acids is 2. The fraction of sp³-hybridized carbons (Fsp3) is 0.259. The van der Waals surface area contributed by atoms with Crippen LogP contribution in [-0.2, 0) is 33.8 Å². The first-order valence-electron chi connectivity index (χ1n) is 11.0. The fourth-order valence-corrected chi connectivity index (χ4v) is 3.88. The summed E-state index contributed by atoms with van der Waals surface area (Å²) in [4.78, 5) is 26.1. The van der Waals surface area contributed by atoms with Gasteiger partial charge in [0, 0.05) is 30.0 Å². The SMILES string of the molecule is CCOC(=O)Cc1ccc(OC)c(Oc2ccc(Br)cc2CN(Cc2ccccc2)C(C)=O)c1. The minimum atomic E-state index is -0.305. The summed E-state index contributed by atoms with van der Waals surface area (Å²) in [5.41, 5.74) is 2.63. The normalized spacial score (nSPS) is 10.5. The van der Waals surface area contributed by atoms with Crippen LogP contribution in [-0.4, -0.2) is 30.5 Å². The molecule has 0 aromatic heterocycles. The van der Waals surface area contributed by atoms with Gasteiger partial charge in [-0.05, 0) is 48.4 Å². The lowest BCUT2D eigenvalue weighted by atomic mass is 10.1. The van der Waals surface area contributed by atoms with Crippen LogP contribution in [0, 0.1) is 0 Å². The molecule has 0 aliphatic carbocycles. The van der Waals surface area contributed by atoms with E-state index in [-0.39, 0.29) is 18.3 Å². The Balaban J connectivity index is 1.88. The van der Waals surface area contributed by atoms with Crippen molar-refractivity contribution >= 4 is 27.8 Å². The van der Waals surface area contributed by atoms with E-state index in [4.69, 9.17) is 14.2 Å². The number of carbonyl (C=O) groups is 2. The van der Waals surface area contributed by atoms with Gasteiger partial charge >= 0.3 is 5.97 Å². The van der Waals surface area contributed by atoms with Crippen molar-refractivity contribution in [2.24, 2.45) is 0 Å². The molecular formula is C27H28BrNO5. The van der Waals surface area contributed by atoms with Gasteiger partial charge in [0.2, 0.25) is 5.91 Å². The van der Waals surface area contributed by atoms with Crippen molar-refractivity contribution in [3.63, 3.8) is 0 Å². The summed E-state index contributed by atoms with van der Waals surface area (Å²) >= 11 is 3.52. The summed E-state index contributed by atoms with van der Waals surface area (Å²) in [6.45, 7) is 4.52. The van der Waals surface area contributed by atoms with E-state index in [2.05, 4.69) is 15.9 Å². The number of halogens is 1. The number of methoxy groups -OCH3 is 1. The predicted molar refractivity (Wildman–Crippen MR) is 134 cm³/mol. The molecule has 6 nitrogen and oxygen atoms in total. The Bertz CT molecular complexity index is 1130. The Labute approximate surface area is 208 Å². The van der Waals surface area contributed by atoms with Gasteiger partial charge in [0.15, 0.2) is 11.5 Å². The molecule has 178 valence electrons. The largest absolute Gasteiger partial charge is 0.493 e.